The van der Waals surface area contributed by atoms with Crippen molar-refractivity contribution in [2.45, 2.75) is 19.3 Å². The van der Waals surface area contributed by atoms with Crippen LogP contribution in [0, 0.1) is 0 Å². The maximum absolute atomic E-state index is 10.7. The minimum absolute atomic E-state index is 0.0572. The van der Waals surface area contributed by atoms with Crippen LogP contribution in [0.5, 0.6) is 5.75 Å². The molecule has 0 unspecified atom stereocenters. The van der Waals surface area contributed by atoms with Crippen molar-refractivity contribution in [3.63, 3.8) is 0 Å². The number of halogens is 1. The van der Waals surface area contributed by atoms with Crippen molar-refractivity contribution >= 4 is 17.6 Å². The summed E-state index contributed by atoms with van der Waals surface area (Å²) in [7, 11) is 0. The third-order valence-electron chi connectivity index (χ3n) is 1.99. The van der Waals surface area contributed by atoms with Crippen LogP contribution in [0.25, 0.3) is 0 Å². The van der Waals surface area contributed by atoms with Gasteiger partial charge in [0, 0.05) is 6.42 Å². The van der Waals surface area contributed by atoms with Gasteiger partial charge in [-0.15, -0.1) is 0 Å². The van der Waals surface area contributed by atoms with Gasteiger partial charge in [-0.3, -0.25) is 4.79 Å². The fourth-order valence-electron chi connectivity index (χ4n) is 1.20. The monoisotopic (exact) mass is 229 g/mol. The van der Waals surface area contributed by atoms with E-state index in [1.807, 2.05) is 0 Å². The number of aromatic hydroxyl groups is 1. The van der Waals surface area contributed by atoms with Crippen molar-refractivity contribution in [2.24, 2.45) is 5.90 Å². The summed E-state index contributed by atoms with van der Waals surface area (Å²) < 4.78 is 0. The third kappa shape index (κ3) is 3.77. The molecular weight excluding hydrogens is 218 g/mol. The predicted octanol–water partition coefficient (Wildman–Crippen LogP) is 1.79. The van der Waals surface area contributed by atoms with Gasteiger partial charge in [0.15, 0.2) is 0 Å². The predicted molar refractivity (Wildman–Crippen MR) is 56.3 cm³/mol. The maximum atomic E-state index is 10.7. The lowest BCUT2D eigenvalue weighted by molar-refractivity contribution is -0.144. The van der Waals surface area contributed by atoms with Crippen LogP contribution in [0.4, 0.5) is 0 Å². The molecule has 0 amide bonds. The highest BCUT2D eigenvalue weighted by Crippen LogP contribution is 2.24. The molecule has 0 saturated carbocycles. The molecule has 0 aliphatic rings. The molecule has 0 aliphatic heterocycles. The SMILES string of the molecule is NOC(=O)CCCc1ccc(O)c(Cl)c1. The third-order valence-corrected chi connectivity index (χ3v) is 2.29. The Morgan fingerprint density at radius 3 is 2.87 bits per heavy atom. The first-order valence-corrected chi connectivity index (χ1v) is 4.88. The molecule has 0 bridgehead atoms. The van der Waals surface area contributed by atoms with E-state index >= 15 is 0 Å². The van der Waals surface area contributed by atoms with Crippen LogP contribution in [0.15, 0.2) is 18.2 Å². The second-order valence-electron chi connectivity index (χ2n) is 3.13. The van der Waals surface area contributed by atoms with E-state index in [1.165, 1.54) is 6.07 Å². The van der Waals surface area contributed by atoms with Crippen LogP contribution >= 0.6 is 11.6 Å². The Morgan fingerprint density at radius 2 is 2.27 bits per heavy atom. The van der Waals surface area contributed by atoms with Crippen LogP contribution in [-0.2, 0) is 16.1 Å². The lowest BCUT2D eigenvalue weighted by atomic mass is 10.1. The summed E-state index contributed by atoms with van der Waals surface area (Å²) in [5.74, 6) is 4.32. The van der Waals surface area contributed by atoms with Crippen LogP contribution in [0.1, 0.15) is 18.4 Å². The molecule has 0 radical (unpaired) electrons. The highest BCUT2D eigenvalue weighted by atomic mass is 35.5. The zero-order chi connectivity index (χ0) is 11.3. The van der Waals surface area contributed by atoms with E-state index in [0.29, 0.717) is 17.9 Å². The first kappa shape index (κ1) is 11.8. The molecule has 5 heteroatoms. The van der Waals surface area contributed by atoms with Gasteiger partial charge >= 0.3 is 5.97 Å². The second kappa shape index (κ2) is 5.58. The number of aryl methyl sites for hydroxylation is 1. The average molecular weight is 230 g/mol. The van der Waals surface area contributed by atoms with Crippen molar-refractivity contribution in [3.8, 4) is 5.75 Å². The number of benzene rings is 1. The van der Waals surface area contributed by atoms with Gasteiger partial charge in [0.1, 0.15) is 5.75 Å². The standard InChI is InChI=1S/C10H12ClNO3/c11-8-6-7(4-5-9(8)13)2-1-3-10(14)15-12/h4-6,13H,1-3,12H2. The van der Waals surface area contributed by atoms with E-state index in [9.17, 15) is 9.90 Å². The quantitative estimate of drug-likeness (QED) is 0.772. The van der Waals surface area contributed by atoms with Gasteiger partial charge in [0.2, 0.25) is 0 Å². The van der Waals surface area contributed by atoms with Crippen molar-refractivity contribution in [1.29, 1.82) is 0 Å². The Bertz CT molecular complexity index is 355. The van der Waals surface area contributed by atoms with Crippen LogP contribution < -0.4 is 5.90 Å². The Kier molecular flexibility index (Phi) is 4.39. The number of hydrogen-bond acceptors (Lipinski definition) is 4. The molecule has 0 saturated heterocycles. The summed E-state index contributed by atoms with van der Waals surface area (Å²) >= 11 is 5.72. The number of carbonyl (C=O) groups is 1. The molecule has 4 nitrogen and oxygen atoms in total. The number of hydrogen-bond donors (Lipinski definition) is 2. The maximum Gasteiger partial charge on any atom is 0.324 e. The van der Waals surface area contributed by atoms with Gasteiger partial charge < -0.3 is 9.94 Å². The van der Waals surface area contributed by atoms with Gasteiger partial charge in [-0.25, -0.2) is 0 Å². The number of nitrogens with two attached hydrogens (primary N) is 1. The van der Waals surface area contributed by atoms with E-state index in [2.05, 4.69) is 4.84 Å². The fraction of sp³-hybridized carbons (Fsp3) is 0.300. The van der Waals surface area contributed by atoms with Gasteiger partial charge in [0.05, 0.1) is 5.02 Å². The molecule has 3 N–H and O–H groups in total. The largest absolute Gasteiger partial charge is 0.506 e. The smallest absolute Gasteiger partial charge is 0.324 e. The summed E-state index contributed by atoms with van der Waals surface area (Å²) in [4.78, 5) is 14.7. The number of rotatable bonds is 4. The zero-order valence-corrected chi connectivity index (χ0v) is 8.83. The summed E-state index contributed by atoms with van der Waals surface area (Å²) in [6.07, 6.45) is 1.60. The van der Waals surface area contributed by atoms with Gasteiger partial charge in [-0.1, -0.05) is 17.7 Å². The molecular formula is C10H12ClNO3. The van der Waals surface area contributed by atoms with E-state index < -0.39 is 5.97 Å². The van der Waals surface area contributed by atoms with Gasteiger partial charge in [-0.05, 0) is 30.5 Å². The Morgan fingerprint density at radius 1 is 1.53 bits per heavy atom. The first-order valence-electron chi connectivity index (χ1n) is 4.50. The molecule has 0 atom stereocenters. The number of phenolic OH excluding ortho intramolecular Hbond substituents is 1. The van der Waals surface area contributed by atoms with Gasteiger partial charge in [-0.2, -0.15) is 5.90 Å². The molecule has 0 aromatic heterocycles. The van der Waals surface area contributed by atoms with E-state index in [4.69, 9.17) is 17.5 Å². The second-order valence-corrected chi connectivity index (χ2v) is 3.54. The lowest BCUT2D eigenvalue weighted by Gasteiger charge is -2.02. The van der Waals surface area contributed by atoms with Crippen LogP contribution in [-0.4, -0.2) is 11.1 Å². The van der Waals surface area contributed by atoms with E-state index in [0.717, 1.165) is 5.56 Å². The van der Waals surface area contributed by atoms with E-state index in [-0.39, 0.29) is 12.2 Å². The Labute approximate surface area is 92.6 Å². The number of phenols is 1. The van der Waals surface area contributed by atoms with Crippen molar-refractivity contribution in [3.05, 3.63) is 28.8 Å². The summed E-state index contributed by atoms with van der Waals surface area (Å²) in [5.41, 5.74) is 0.961. The fourth-order valence-corrected chi connectivity index (χ4v) is 1.40. The van der Waals surface area contributed by atoms with Crippen molar-refractivity contribution in [2.75, 3.05) is 0 Å². The Balaban J connectivity index is 2.44. The molecule has 15 heavy (non-hydrogen) atoms. The highest BCUT2D eigenvalue weighted by molar-refractivity contribution is 6.32. The minimum Gasteiger partial charge on any atom is -0.506 e. The zero-order valence-electron chi connectivity index (χ0n) is 8.07. The van der Waals surface area contributed by atoms with E-state index in [1.54, 1.807) is 12.1 Å². The molecule has 0 heterocycles. The number of carbonyl (C=O) groups excluding carboxylic acids is 1. The molecule has 82 valence electrons. The molecule has 1 rings (SSSR count). The molecule has 0 aliphatic carbocycles. The normalized spacial score (nSPS) is 10.0. The molecule has 1 aromatic rings. The molecule has 0 fully saturated rings. The Hall–Kier alpha value is -1.26. The van der Waals surface area contributed by atoms with Crippen LogP contribution in [0.2, 0.25) is 5.02 Å². The van der Waals surface area contributed by atoms with Gasteiger partial charge in [0.25, 0.3) is 0 Å². The average Bonchev–Trinajstić information content (AvgIpc) is 2.23. The van der Waals surface area contributed by atoms with Crippen molar-refractivity contribution in [1.82, 2.24) is 0 Å². The summed E-state index contributed by atoms with van der Waals surface area (Å²) in [5, 5.41) is 9.49. The summed E-state index contributed by atoms with van der Waals surface area (Å²) in [6, 6.07) is 4.96. The first-order chi connectivity index (χ1) is 7.13. The van der Waals surface area contributed by atoms with Crippen molar-refractivity contribution < 1.29 is 14.7 Å². The summed E-state index contributed by atoms with van der Waals surface area (Å²) in [6.45, 7) is 0. The topological polar surface area (TPSA) is 72.5 Å². The van der Waals surface area contributed by atoms with Crippen LogP contribution in [0.3, 0.4) is 0 Å². The molecule has 0 spiro atoms. The lowest BCUT2D eigenvalue weighted by Crippen LogP contribution is -2.09. The molecule has 1 aromatic carbocycles. The minimum atomic E-state index is -0.431. The highest BCUT2D eigenvalue weighted by Gasteiger charge is 2.03.